The number of nitrogens with two attached hydrogens (primary N) is 1. The second-order valence-electron chi connectivity index (χ2n) is 5.33. The molecule has 2 rings (SSSR count). The number of phenols is 1. The van der Waals surface area contributed by atoms with Crippen LogP contribution >= 0.6 is 0 Å². The SMILES string of the molecule is CC(C)(CN)NC(=O)Cc1c[nH]c2cccc(O)c12. The summed E-state index contributed by atoms with van der Waals surface area (Å²) in [5.74, 6) is 0.0687. The zero-order valence-corrected chi connectivity index (χ0v) is 11.2. The molecule has 0 unspecified atom stereocenters. The zero-order chi connectivity index (χ0) is 14.0. The Bertz CT molecular complexity index is 602. The molecule has 0 saturated carbocycles. The van der Waals surface area contributed by atoms with Crippen molar-refractivity contribution in [3.63, 3.8) is 0 Å². The molecule has 0 fully saturated rings. The fraction of sp³-hybridized carbons (Fsp3) is 0.357. The first-order valence-corrected chi connectivity index (χ1v) is 6.22. The van der Waals surface area contributed by atoms with Crippen molar-refractivity contribution in [1.29, 1.82) is 0 Å². The monoisotopic (exact) mass is 261 g/mol. The lowest BCUT2D eigenvalue weighted by Crippen LogP contribution is -2.49. The van der Waals surface area contributed by atoms with E-state index >= 15 is 0 Å². The number of rotatable bonds is 4. The van der Waals surface area contributed by atoms with Crippen molar-refractivity contribution in [3.05, 3.63) is 30.0 Å². The van der Waals surface area contributed by atoms with E-state index in [4.69, 9.17) is 5.73 Å². The number of nitrogens with one attached hydrogen (secondary N) is 2. The Labute approximate surface area is 111 Å². The van der Waals surface area contributed by atoms with Gasteiger partial charge >= 0.3 is 0 Å². The number of carbonyl (C=O) groups is 1. The number of amides is 1. The molecule has 1 aromatic heterocycles. The van der Waals surface area contributed by atoms with Crippen LogP contribution in [0.4, 0.5) is 0 Å². The van der Waals surface area contributed by atoms with E-state index in [0.717, 1.165) is 11.1 Å². The molecule has 0 atom stereocenters. The zero-order valence-electron chi connectivity index (χ0n) is 11.2. The molecule has 0 saturated heterocycles. The highest BCUT2D eigenvalue weighted by Crippen LogP contribution is 2.27. The molecule has 0 radical (unpaired) electrons. The van der Waals surface area contributed by atoms with Crippen molar-refractivity contribution in [2.75, 3.05) is 6.54 Å². The first-order valence-electron chi connectivity index (χ1n) is 6.22. The number of fused-ring (bicyclic) bond motifs is 1. The van der Waals surface area contributed by atoms with Crippen LogP contribution in [-0.2, 0) is 11.2 Å². The lowest BCUT2D eigenvalue weighted by Gasteiger charge is -2.24. The predicted molar refractivity (Wildman–Crippen MR) is 74.9 cm³/mol. The molecule has 0 aliphatic carbocycles. The highest BCUT2D eigenvalue weighted by atomic mass is 16.3. The van der Waals surface area contributed by atoms with Crippen LogP contribution in [0.2, 0.25) is 0 Å². The maximum atomic E-state index is 12.0. The average molecular weight is 261 g/mol. The standard InChI is InChI=1S/C14H19N3O2/c1-14(2,8-15)17-12(19)6-9-7-16-10-4-3-5-11(18)13(9)10/h3-5,7,16,18H,6,8,15H2,1-2H3,(H,17,19). The van der Waals surface area contributed by atoms with Crippen LogP contribution in [0.5, 0.6) is 5.75 Å². The second kappa shape index (κ2) is 4.93. The Morgan fingerprint density at radius 2 is 2.21 bits per heavy atom. The lowest BCUT2D eigenvalue weighted by molar-refractivity contribution is -0.121. The summed E-state index contributed by atoms with van der Waals surface area (Å²) < 4.78 is 0. The van der Waals surface area contributed by atoms with Gasteiger partial charge in [-0.2, -0.15) is 0 Å². The third-order valence-electron chi connectivity index (χ3n) is 3.10. The molecule has 0 bridgehead atoms. The number of aromatic hydroxyl groups is 1. The Balaban J connectivity index is 2.20. The van der Waals surface area contributed by atoms with E-state index in [-0.39, 0.29) is 18.1 Å². The minimum atomic E-state index is -0.425. The van der Waals surface area contributed by atoms with E-state index < -0.39 is 5.54 Å². The Morgan fingerprint density at radius 3 is 2.89 bits per heavy atom. The van der Waals surface area contributed by atoms with Gasteiger partial charge in [-0.25, -0.2) is 0 Å². The molecule has 0 spiro atoms. The van der Waals surface area contributed by atoms with Gasteiger partial charge in [-0.3, -0.25) is 4.79 Å². The number of hydrogen-bond acceptors (Lipinski definition) is 3. The number of carbonyl (C=O) groups excluding carboxylic acids is 1. The summed E-state index contributed by atoms with van der Waals surface area (Å²) in [6.45, 7) is 4.12. The van der Waals surface area contributed by atoms with E-state index in [2.05, 4.69) is 10.3 Å². The first-order chi connectivity index (χ1) is 8.93. The number of phenolic OH excluding ortho intramolecular Hbond substituents is 1. The summed E-state index contributed by atoms with van der Waals surface area (Å²) in [6.07, 6.45) is 1.96. The second-order valence-corrected chi connectivity index (χ2v) is 5.33. The molecule has 102 valence electrons. The van der Waals surface area contributed by atoms with Gasteiger partial charge in [0.1, 0.15) is 5.75 Å². The van der Waals surface area contributed by atoms with Crippen LogP contribution in [0.15, 0.2) is 24.4 Å². The number of H-pyrrole nitrogens is 1. The fourth-order valence-corrected chi connectivity index (χ4v) is 2.02. The van der Waals surface area contributed by atoms with Gasteiger partial charge in [-0.1, -0.05) is 6.07 Å². The lowest BCUT2D eigenvalue weighted by atomic mass is 10.0. The number of aromatic amines is 1. The smallest absolute Gasteiger partial charge is 0.224 e. The Kier molecular flexibility index (Phi) is 3.48. The molecule has 1 heterocycles. The summed E-state index contributed by atoms with van der Waals surface area (Å²) >= 11 is 0. The van der Waals surface area contributed by atoms with E-state index in [1.54, 1.807) is 18.3 Å². The quantitative estimate of drug-likeness (QED) is 0.668. The normalized spacial score (nSPS) is 11.7. The number of aromatic nitrogens is 1. The van der Waals surface area contributed by atoms with Crippen LogP contribution in [-0.4, -0.2) is 28.1 Å². The summed E-state index contributed by atoms with van der Waals surface area (Å²) in [5.41, 5.74) is 6.75. The van der Waals surface area contributed by atoms with Crippen molar-refractivity contribution in [1.82, 2.24) is 10.3 Å². The summed E-state index contributed by atoms with van der Waals surface area (Å²) in [5, 5.41) is 13.4. The summed E-state index contributed by atoms with van der Waals surface area (Å²) in [4.78, 5) is 15.0. The highest BCUT2D eigenvalue weighted by molar-refractivity contribution is 5.92. The first kappa shape index (κ1) is 13.4. The molecule has 1 amide bonds. The van der Waals surface area contributed by atoms with E-state index in [0.29, 0.717) is 11.9 Å². The highest BCUT2D eigenvalue weighted by Gasteiger charge is 2.19. The topological polar surface area (TPSA) is 91.1 Å². The summed E-state index contributed by atoms with van der Waals surface area (Å²) in [7, 11) is 0. The Morgan fingerprint density at radius 1 is 1.47 bits per heavy atom. The molecule has 5 N–H and O–H groups in total. The van der Waals surface area contributed by atoms with Crippen LogP contribution in [0.3, 0.4) is 0 Å². The van der Waals surface area contributed by atoms with Gasteiger partial charge in [0.05, 0.1) is 6.42 Å². The third kappa shape index (κ3) is 2.88. The third-order valence-corrected chi connectivity index (χ3v) is 3.10. The number of hydrogen-bond donors (Lipinski definition) is 4. The van der Waals surface area contributed by atoms with Crippen LogP contribution in [0.25, 0.3) is 10.9 Å². The van der Waals surface area contributed by atoms with Crippen molar-refractivity contribution in [3.8, 4) is 5.75 Å². The van der Waals surface area contributed by atoms with Gasteiger partial charge in [-0.15, -0.1) is 0 Å². The molecular weight excluding hydrogens is 242 g/mol. The number of benzene rings is 1. The van der Waals surface area contributed by atoms with Crippen molar-refractivity contribution in [2.45, 2.75) is 25.8 Å². The Hall–Kier alpha value is -2.01. The van der Waals surface area contributed by atoms with E-state index in [9.17, 15) is 9.90 Å². The van der Waals surface area contributed by atoms with Gasteiger partial charge in [-0.05, 0) is 31.5 Å². The molecule has 5 nitrogen and oxygen atoms in total. The maximum Gasteiger partial charge on any atom is 0.224 e. The van der Waals surface area contributed by atoms with Gasteiger partial charge < -0.3 is 21.1 Å². The van der Waals surface area contributed by atoms with Gasteiger partial charge in [0.2, 0.25) is 5.91 Å². The largest absolute Gasteiger partial charge is 0.507 e. The van der Waals surface area contributed by atoms with E-state index in [1.807, 2.05) is 19.9 Å². The average Bonchev–Trinajstić information content (AvgIpc) is 2.73. The van der Waals surface area contributed by atoms with Crippen molar-refractivity contribution >= 4 is 16.8 Å². The van der Waals surface area contributed by atoms with Crippen LogP contribution in [0.1, 0.15) is 19.4 Å². The van der Waals surface area contributed by atoms with Gasteiger partial charge in [0.15, 0.2) is 0 Å². The minimum absolute atomic E-state index is 0.111. The molecule has 5 heteroatoms. The van der Waals surface area contributed by atoms with Crippen LogP contribution < -0.4 is 11.1 Å². The molecule has 19 heavy (non-hydrogen) atoms. The predicted octanol–water partition coefficient (Wildman–Crippen LogP) is 1.27. The molecule has 0 aliphatic heterocycles. The van der Waals surface area contributed by atoms with Gasteiger partial charge in [0.25, 0.3) is 0 Å². The fourth-order valence-electron chi connectivity index (χ4n) is 2.02. The summed E-state index contributed by atoms with van der Waals surface area (Å²) in [6, 6.07) is 5.23. The minimum Gasteiger partial charge on any atom is -0.507 e. The molecule has 1 aromatic carbocycles. The molecular formula is C14H19N3O2. The van der Waals surface area contributed by atoms with Gasteiger partial charge in [0, 0.05) is 29.2 Å². The molecule has 0 aliphatic rings. The van der Waals surface area contributed by atoms with Crippen molar-refractivity contribution in [2.24, 2.45) is 5.73 Å². The maximum absolute atomic E-state index is 12.0. The molecule has 2 aromatic rings. The van der Waals surface area contributed by atoms with Crippen molar-refractivity contribution < 1.29 is 9.90 Å². The van der Waals surface area contributed by atoms with Crippen LogP contribution in [0, 0.1) is 0 Å². The van der Waals surface area contributed by atoms with E-state index in [1.165, 1.54) is 0 Å².